The highest BCUT2D eigenvalue weighted by molar-refractivity contribution is 7.91. The Hall–Kier alpha value is -1.73. The number of hydrogen-bond donors (Lipinski definition) is 1. The van der Waals surface area contributed by atoms with Crippen molar-refractivity contribution < 1.29 is 13.2 Å². The molecule has 1 amide bonds. The zero-order chi connectivity index (χ0) is 17.0. The van der Waals surface area contributed by atoms with E-state index < -0.39 is 9.84 Å². The van der Waals surface area contributed by atoms with Crippen LogP contribution in [0, 0.1) is 0 Å². The number of carbonyl (C=O) groups is 1. The lowest BCUT2D eigenvalue weighted by Crippen LogP contribution is -2.27. The molecule has 0 unspecified atom stereocenters. The Kier molecular flexibility index (Phi) is 5.30. The summed E-state index contributed by atoms with van der Waals surface area (Å²) in [6, 6.07) is 8.22. The van der Waals surface area contributed by atoms with Crippen LogP contribution in [-0.4, -0.2) is 31.6 Å². The van der Waals surface area contributed by atoms with Crippen LogP contribution in [0.1, 0.15) is 28.4 Å². The smallest absolute Gasteiger partial charge is 0.221 e. The van der Waals surface area contributed by atoms with Gasteiger partial charge in [0, 0.05) is 24.3 Å². The predicted molar refractivity (Wildman–Crippen MR) is 94.0 cm³/mol. The molecule has 1 aliphatic rings. The third-order valence-electron chi connectivity index (χ3n) is 4.00. The topological polar surface area (TPSA) is 76.1 Å². The summed E-state index contributed by atoms with van der Waals surface area (Å²) in [7, 11) is -3.40. The minimum Gasteiger partial charge on any atom is -0.356 e. The number of aryl methyl sites for hydroxylation is 2. The van der Waals surface area contributed by atoms with E-state index in [-0.39, 0.29) is 23.0 Å². The first-order valence-corrected chi connectivity index (χ1v) is 10.5. The van der Waals surface area contributed by atoms with Crippen molar-refractivity contribution in [1.29, 1.82) is 0 Å². The molecule has 7 heteroatoms. The number of sulfone groups is 1. The van der Waals surface area contributed by atoms with E-state index >= 15 is 0 Å². The number of amides is 1. The molecule has 5 nitrogen and oxygen atoms in total. The standard InChI is InChI=1S/C17H20N2O3S2/c20-16(10-12-24(21,22)13-5-2-1-3-6-13)18-11-9-17-19-14-7-4-8-15(14)23-17/h1-3,5-6H,4,7-12H2,(H,18,20). The summed E-state index contributed by atoms with van der Waals surface area (Å²) in [4.78, 5) is 18.1. The van der Waals surface area contributed by atoms with Crippen molar-refractivity contribution in [3.8, 4) is 0 Å². The highest BCUT2D eigenvalue weighted by atomic mass is 32.2. The first kappa shape index (κ1) is 17.1. The van der Waals surface area contributed by atoms with E-state index in [1.54, 1.807) is 41.7 Å². The Bertz CT molecular complexity index is 792. The molecule has 2 aromatic rings. The van der Waals surface area contributed by atoms with E-state index in [2.05, 4.69) is 10.3 Å². The van der Waals surface area contributed by atoms with E-state index in [9.17, 15) is 13.2 Å². The van der Waals surface area contributed by atoms with Gasteiger partial charge in [-0.05, 0) is 31.4 Å². The number of benzene rings is 1. The number of aromatic nitrogens is 1. The second kappa shape index (κ2) is 7.44. The number of nitrogens with zero attached hydrogens (tertiary/aromatic N) is 1. The largest absolute Gasteiger partial charge is 0.356 e. The molecule has 128 valence electrons. The normalized spacial score (nSPS) is 13.7. The van der Waals surface area contributed by atoms with Gasteiger partial charge in [-0.2, -0.15) is 0 Å². The van der Waals surface area contributed by atoms with Gasteiger partial charge >= 0.3 is 0 Å². The van der Waals surface area contributed by atoms with Crippen molar-refractivity contribution >= 4 is 27.1 Å². The van der Waals surface area contributed by atoms with Crippen LogP contribution >= 0.6 is 11.3 Å². The summed E-state index contributed by atoms with van der Waals surface area (Å²) >= 11 is 1.73. The predicted octanol–water partition coefficient (Wildman–Crippen LogP) is 2.15. The van der Waals surface area contributed by atoms with Gasteiger partial charge in [0.1, 0.15) is 0 Å². The number of thiazole rings is 1. The molecule has 1 heterocycles. The maximum absolute atomic E-state index is 12.1. The zero-order valence-corrected chi connectivity index (χ0v) is 15.0. The second-order valence-corrected chi connectivity index (χ2v) is 9.09. The van der Waals surface area contributed by atoms with Crippen molar-refractivity contribution in [1.82, 2.24) is 10.3 Å². The van der Waals surface area contributed by atoms with Crippen LogP contribution in [0.4, 0.5) is 0 Å². The summed E-state index contributed by atoms with van der Waals surface area (Å²) in [6.07, 6.45) is 4.06. The van der Waals surface area contributed by atoms with Crippen LogP contribution in [0.15, 0.2) is 35.2 Å². The van der Waals surface area contributed by atoms with E-state index in [0.717, 1.165) is 17.8 Å². The number of rotatable bonds is 7. The van der Waals surface area contributed by atoms with Gasteiger partial charge in [-0.25, -0.2) is 13.4 Å². The first-order valence-electron chi connectivity index (χ1n) is 8.06. The third-order valence-corrected chi connectivity index (χ3v) is 6.95. The maximum Gasteiger partial charge on any atom is 0.221 e. The molecular weight excluding hydrogens is 344 g/mol. The Morgan fingerprint density at radius 3 is 2.75 bits per heavy atom. The zero-order valence-electron chi connectivity index (χ0n) is 13.3. The number of carbonyl (C=O) groups excluding carboxylic acids is 1. The summed E-state index contributed by atoms with van der Waals surface area (Å²) in [5.41, 5.74) is 1.22. The van der Waals surface area contributed by atoms with E-state index in [4.69, 9.17) is 0 Å². The molecule has 3 rings (SSSR count). The Morgan fingerprint density at radius 1 is 1.21 bits per heavy atom. The fourth-order valence-electron chi connectivity index (χ4n) is 2.72. The molecule has 0 atom stereocenters. The lowest BCUT2D eigenvalue weighted by atomic mass is 10.3. The van der Waals surface area contributed by atoms with Gasteiger partial charge in [0.05, 0.1) is 21.3 Å². The molecule has 1 aromatic heterocycles. The van der Waals surface area contributed by atoms with Gasteiger partial charge in [0.2, 0.25) is 5.91 Å². The molecule has 0 saturated heterocycles. The van der Waals surface area contributed by atoms with Crippen LogP contribution in [0.5, 0.6) is 0 Å². The van der Waals surface area contributed by atoms with Gasteiger partial charge in [-0.3, -0.25) is 4.79 Å². The molecule has 1 N–H and O–H groups in total. The fourth-order valence-corrected chi connectivity index (χ4v) is 5.14. The SMILES string of the molecule is O=C(CCS(=O)(=O)c1ccccc1)NCCc1nc2c(s1)CCC2. The Labute approximate surface area is 146 Å². The average Bonchev–Trinajstić information content (AvgIpc) is 3.15. The van der Waals surface area contributed by atoms with Crippen molar-refractivity contribution in [3.05, 3.63) is 45.9 Å². The molecule has 24 heavy (non-hydrogen) atoms. The first-order chi connectivity index (χ1) is 11.5. The van der Waals surface area contributed by atoms with E-state index in [1.807, 2.05) is 0 Å². The summed E-state index contributed by atoms with van der Waals surface area (Å²) in [6.45, 7) is 0.497. The van der Waals surface area contributed by atoms with Gasteiger partial charge in [-0.15, -0.1) is 11.3 Å². The van der Waals surface area contributed by atoms with Crippen LogP contribution in [-0.2, 0) is 33.9 Å². The summed E-state index contributed by atoms with van der Waals surface area (Å²) in [5.74, 6) is -0.410. The molecule has 0 aliphatic heterocycles. The van der Waals surface area contributed by atoms with Gasteiger partial charge < -0.3 is 5.32 Å². The minimum absolute atomic E-state index is 0.0222. The van der Waals surface area contributed by atoms with Gasteiger partial charge in [0.15, 0.2) is 9.84 Å². The van der Waals surface area contributed by atoms with Crippen LogP contribution < -0.4 is 5.32 Å². The Morgan fingerprint density at radius 2 is 2.00 bits per heavy atom. The maximum atomic E-state index is 12.1. The van der Waals surface area contributed by atoms with Crippen LogP contribution in [0.2, 0.25) is 0 Å². The summed E-state index contributed by atoms with van der Waals surface area (Å²) < 4.78 is 24.2. The highest BCUT2D eigenvalue weighted by Crippen LogP contribution is 2.27. The van der Waals surface area contributed by atoms with E-state index in [1.165, 1.54) is 17.0 Å². The minimum atomic E-state index is -3.40. The van der Waals surface area contributed by atoms with E-state index in [0.29, 0.717) is 13.0 Å². The molecule has 0 saturated carbocycles. The lowest BCUT2D eigenvalue weighted by Gasteiger charge is -2.05. The van der Waals surface area contributed by atoms with Crippen molar-refractivity contribution in [3.63, 3.8) is 0 Å². The van der Waals surface area contributed by atoms with Gasteiger partial charge in [-0.1, -0.05) is 18.2 Å². The highest BCUT2D eigenvalue weighted by Gasteiger charge is 2.17. The average molecular weight is 364 g/mol. The lowest BCUT2D eigenvalue weighted by molar-refractivity contribution is -0.120. The second-order valence-electron chi connectivity index (χ2n) is 5.81. The number of fused-ring (bicyclic) bond motifs is 1. The quantitative estimate of drug-likeness (QED) is 0.817. The van der Waals surface area contributed by atoms with Crippen molar-refractivity contribution in [2.45, 2.75) is 37.0 Å². The number of nitrogens with one attached hydrogen (secondary N) is 1. The van der Waals surface area contributed by atoms with Crippen LogP contribution in [0.25, 0.3) is 0 Å². The molecule has 0 fully saturated rings. The third kappa shape index (κ3) is 4.21. The monoisotopic (exact) mass is 364 g/mol. The number of hydrogen-bond acceptors (Lipinski definition) is 5. The molecule has 0 bridgehead atoms. The molecule has 0 radical (unpaired) electrons. The van der Waals surface area contributed by atoms with Crippen LogP contribution in [0.3, 0.4) is 0 Å². The fraction of sp³-hybridized carbons (Fsp3) is 0.412. The van der Waals surface area contributed by atoms with Gasteiger partial charge in [0.25, 0.3) is 0 Å². The molecular formula is C17H20N2O3S2. The molecule has 0 spiro atoms. The van der Waals surface area contributed by atoms with Crippen molar-refractivity contribution in [2.75, 3.05) is 12.3 Å². The Balaban J connectivity index is 1.42. The molecule has 1 aromatic carbocycles. The van der Waals surface area contributed by atoms with Crippen molar-refractivity contribution in [2.24, 2.45) is 0 Å². The summed E-state index contributed by atoms with van der Waals surface area (Å²) in [5, 5.41) is 3.84. The molecule has 1 aliphatic carbocycles.